The summed E-state index contributed by atoms with van der Waals surface area (Å²) < 4.78 is 0. The van der Waals surface area contributed by atoms with Crippen LogP contribution in [0.4, 0.5) is 0 Å². The fraction of sp³-hybridized carbons (Fsp3) is 0.929. The van der Waals surface area contributed by atoms with Crippen molar-refractivity contribution < 1.29 is 0 Å². The lowest BCUT2D eigenvalue weighted by Gasteiger charge is -2.46. The van der Waals surface area contributed by atoms with Gasteiger partial charge in [-0.25, -0.2) is 0 Å². The fourth-order valence-electron chi connectivity index (χ4n) is 3.02. The van der Waals surface area contributed by atoms with Crippen molar-refractivity contribution in [2.75, 3.05) is 13.1 Å². The van der Waals surface area contributed by atoms with Crippen molar-refractivity contribution in [3.63, 3.8) is 0 Å². The third-order valence-electron chi connectivity index (χ3n) is 4.03. The third-order valence-corrected chi connectivity index (χ3v) is 4.03. The molecule has 2 atom stereocenters. The van der Waals surface area contributed by atoms with Gasteiger partial charge in [-0.2, -0.15) is 4.80 Å². The molecule has 1 aliphatic rings. The lowest BCUT2D eigenvalue weighted by molar-refractivity contribution is 0.0454. The van der Waals surface area contributed by atoms with Crippen LogP contribution in [0.1, 0.15) is 46.4 Å². The highest BCUT2D eigenvalue weighted by atomic mass is 15.6. The predicted octanol–water partition coefficient (Wildman–Crippen LogP) is 1.20. The number of piperazine rings is 1. The summed E-state index contributed by atoms with van der Waals surface area (Å²) in [5, 5.41) is 16.1. The van der Waals surface area contributed by atoms with Crippen LogP contribution in [-0.4, -0.2) is 50.3 Å². The molecule has 20 heavy (non-hydrogen) atoms. The normalized spacial score (nSPS) is 25.1. The van der Waals surface area contributed by atoms with Crippen molar-refractivity contribution in [1.82, 2.24) is 30.4 Å². The average molecular weight is 280 g/mol. The SMILES string of the molecule is CCCC1CN(Cc2nnn(C)n2)C(C(C)(C)C)CN1. The van der Waals surface area contributed by atoms with Crippen molar-refractivity contribution in [2.24, 2.45) is 12.5 Å². The first-order chi connectivity index (χ1) is 9.40. The molecule has 0 saturated carbocycles. The van der Waals surface area contributed by atoms with Crippen molar-refractivity contribution in [3.8, 4) is 0 Å². The van der Waals surface area contributed by atoms with Gasteiger partial charge in [0.25, 0.3) is 0 Å². The van der Waals surface area contributed by atoms with Crippen LogP contribution in [0, 0.1) is 5.41 Å². The van der Waals surface area contributed by atoms with Gasteiger partial charge in [0.05, 0.1) is 13.6 Å². The molecule has 1 saturated heterocycles. The molecule has 1 N–H and O–H groups in total. The highest BCUT2D eigenvalue weighted by Crippen LogP contribution is 2.27. The first kappa shape index (κ1) is 15.4. The standard InChI is InChI=1S/C14H28N6/c1-6-7-11-9-20(10-13-16-18-19(5)17-13)12(8-15-11)14(2,3)4/h11-12,15H,6-10H2,1-5H3. The minimum atomic E-state index is 0.242. The van der Waals surface area contributed by atoms with E-state index in [9.17, 15) is 0 Å². The van der Waals surface area contributed by atoms with Gasteiger partial charge in [-0.1, -0.05) is 34.1 Å². The molecular formula is C14H28N6. The number of hydrogen-bond acceptors (Lipinski definition) is 5. The molecule has 6 nitrogen and oxygen atoms in total. The molecule has 1 aromatic rings. The number of aryl methyl sites for hydroxylation is 1. The van der Waals surface area contributed by atoms with Crippen LogP contribution >= 0.6 is 0 Å². The van der Waals surface area contributed by atoms with Gasteiger partial charge in [0.15, 0.2) is 5.82 Å². The van der Waals surface area contributed by atoms with Crippen LogP contribution in [0.15, 0.2) is 0 Å². The second-order valence-electron chi connectivity index (χ2n) is 6.90. The van der Waals surface area contributed by atoms with Gasteiger partial charge < -0.3 is 5.32 Å². The summed E-state index contributed by atoms with van der Waals surface area (Å²) in [6.45, 7) is 12.0. The highest BCUT2D eigenvalue weighted by Gasteiger charge is 2.35. The Morgan fingerprint density at radius 2 is 2.10 bits per heavy atom. The molecule has 114 valence electrons. The second kappa shape index (κ2) is 6.18. The van der Waals surface area contributed by atoms with Crippen molar-refractivity contribution in [1.29, 1.82) is 0 Å². The zero-order valence-electron chi connectivity index (χ0n) is 13.4. The van der Waals surface area contributed by atoms with E-state index in [1.54, 1.807) is 0 Å². The summed E-state index contributed by atoms with van der Waals surface area (Å²) in [4.78, 5) is 4.06. The lowest BCUT2D eigenvalue weighted by atomic mass is 9.83. The Balaban J connectivity index is 2.09. The molecule has 0 amide bonds. The summed E-state index contributed by atoms with van der Waals surface area (Å²) >= 11 is 0. The molecule has 1 aliphatic heterocycles. The van der Waals surface area contributed by atoms with Crippen molar-refractivity contribution in [3.05, 3.63) is 5.82 Å². The molecule has 6 heteroatoms. The van der Waals surface area contributed by atoms with E-state index >= 15 is 0 Å². The molecule has 1 fully saturated rings. The Kier molecular flexibility index (Phi) is 4.75. The summed E-state index contributed by atoms with van der Waals surface area (Å²) in [5.41, 5.74) is 0.242. The summed E-state index contributed by atoms with van der Waals surface area (Å²) in [5.74, 6) is 0.818. The summed E-state index contributed by atoms with van der Waals surface area (Å²) in [6, 6.07) is 1.08. The number of nitrogens with zero attached hydrogens (tertiary/aromatic N) is 5. The zero-order valence-corrected chi connectivity index (χ0v) is 13.4. The van der Waals surface area contributed by atoms with Crippen molar-refractivity contribution in [2.45, 2.75) is 59.2 Å². The van der Waals surface area contributed by atoms with E-state index < -0.39 is 0 Å². The maximum Gasteiger partial charge on any atom is 0.188 e. The quantitative estimate of drug-likeness (QED) is 0.898. The minimum Gasteiger partial charge on any atom is -0.311 e. The van der Waals surface area contributed by atoms with Crippen LogP contribution in [-0.2, 0) is 13.6 Å². The van der Waals surface area contributed by atoms with Gasteiger partial charge in [0, 0.05) is 25.2 Å². The van der Waals surface area contributed by atoms with E-state index in [2.05, 4.69) is 53.3 Å². The van der Waals surface area contributed by atoms with Gasteiger partial charge in [0.1, 0.15) is 0 Å². The van der Waals surface area contributed by atoms with E-state index in [1.165, 1.54) is 17.6 Å². The monoisotopic (exact) mass is 280 g/mol. The Morgan fingerprint density at radius 3 is 2.65 bits per heavy atom. The zero-order chi connectivity index (χ0) is 14.8. The molecule has 0 bridgehead atoms. The molecule has 2 unspecified atom stereocenters. The molecule has 2 heterocycles. The van der Waals surface area contributed by atoms with Crippen LogP contribution in [0.3, 0.4) is 0 Å². The van der Waals surface area contributed by atoms with Gasteiger partial charge in [0.2, 0.25) is 0 Å². The van der Waals surface area contributed by atoms with Gasteiger partial charge in [-0.15, -0.1) is 10.2 Å². The molecule has 0 spiro atoms. The largest absolute Gasteiger partial charge is 0.311 e. The molecular weight excluding hydrogens is 252 g/mol. The van der Waals surface area contributed by atoms with Gasteiger partial charge >= 0.3 is 0 Å². The second-order valence-corrected chi connectivity index (χ2v) is 6.90. The number of aromatic nitrogens is 4. The Bertz CT molecular complexity index is 422. The maximum atomic E-state index is 4.32. The Morgan fingerprint density at radius 1 is 1.35 bits per heavy atom. The van der Waals surface area contributed by atoms with Crippen LogP contribution in [0.2, 0.25) is 0 Å². The van der Waals surface area contributed by atoms with E-state index in [1.807, 2.05) is 7.05 Å². The van der Waals surface area contributed by atoms with E-state index in [0.717, 1.165) is 25.5 Å². The maximum absolute atomic E-state index is 4.32. The number of hydrogen-bond donors (Lipinski definition) is 1. The van der Waals surface area contributed by atoms with Gasteiger partial charge in [-0.3, -0.25) is 4.90 Å². The topological polar surface area (TPSA) is 58.9 Å². The van der Waals surface area contributed by atoms with Gasteiger partial charge in [-0.05, 0) is 17.0 Å². The Labute approximate surface area is 121 Å². The first-order valence-electron chi connectivity index (χ1n) is 7.60. The van der Waals surface area contributed by atoms with Crippen LogP contribution in [0.25, 0.3) is 0 Å². The van der Waals surface area contributed by atoms with Crippen LogP contribution in [0.5, 0.6) is 0 Å². The van der Waals surface area contributed by atoms with E-state index in [0.29, 0.717) is 12.1 Å². The van der Waals surface area contributed by atoms with E-state index in [4.69, 9.17) is 0 Å². The van der Waals surface area contributed by atoms with Crippen molar-refractivity contribution >= 4 is 0 Å². The number of rotatable bonds is 4. The Hall–Kier alpha value is -1.01. The summed E-state index contributed by atoms with van der Waals surface area (Å²) in [6.07, 6.45) is 2.44. The molecule has 2 rings (SSSR count). The lowest BCUT2D eigenvalue weighted by Crippen LogP contribution is -2.60. The molecule has 0 radical (unpaired) electrons. The number of tetrazole rings is 1. The predicted molar refractivity (Wildman–Crippen MR) is 79.1 cm³/mol. The molecule has 0 aromatic carbocycles. The highest BCUT2D eigenvalue weighted by molar-refractivity contribution is 4.94. The molecule has 0 aliphatic carbocycles. The third kappa shape index (κ3) is 3.76. The fourth-order valence-corrected chi connectivity index (χ4v) is 3.02. The average Bonchev–Trinajstić information content (AvgIpc) is 2.74. The molecule has 1 aromatic heterocycles. The smallest absolute Gasteiger partial charge is 0.188 e. The van der Waals surface area contributed by atoms with E-state index in [-0.39, 0.29) is 5.41 Å². The first-order valence-corrected chi connectivity index (χ1v) is 7.60. The van der Waals surface area contributed by atoms with Crippen LogP contribution < -0.4 is 5.32 Å². The minimum absolute atomic E-state index is 0.242. The summed E-state index contributed by atoms with van der Waals surface area (Å²) in [7, 11) is 1.81. The number of nitrogens with one attached hydrogen (secondary N) is 1.